The molecular weight excluding hydrogens is 188 g/mol. The zero-order valence-corrected chi connectivity index (χ0v) is 8.30. The first-order chi connectivity index (χ1) is 6.70. The topological polar surface area (TPSA) is 79.2 Å². The fraction of sp³-hybridized carbons (Fsp3) is 1.00. The minimum atomic E-state index is -1.07. The van der Waals surface area contributed by atoms with Crippen molar-refractivity contribution < 1.29 is 24.8 Å². The zero-order chi connectivity index (χ0) is 10.6. The van der Waals surface area contributed by atoms with Gasteiger partial charge in [-0.05, 0) is 6.42 Å². The molecule has 0 aromatic carbocycles. The summed E-state index contributed by atoms with van der Waals surface area (Å²) in [6, 6.07) is 0. The third kappa shape index (κ3) is 2.65. The van der Waals surface area contributed by atoms with Crippen molar-refractivity contribution in [1.29, 1.82) is 0 Å². The summed E-state index contributed by atoms with van der Waals surface area (Å²) in [5.41, 5.74) is 0. The van der Waals surface area contributed by atoms with Crippen LogP contribution in [0.25, 0.3) is 0 Å². The second-order valence-electron chi connectivity index (χ2n) is 3.43. The summed E-state index contributed by atoms with van der Waals surface area (Å²) in [6.45, 7) is 2.20. The molecule has 1 heterocycles. The standard InChI is InChI=1S/C9H18O5/c1-2-3-4-13-9-8(12)7(11)6(5-10)14-9/h6-12H,2-5H2,1H3/t6-,7-,8-,9-/m1/s1. The van der Waals surface area contributed by atoms with Crippen LogP contribution in [0.3, 0.4) is 0 Å². The van der Waals surface area contributed by atoms with Crippen LogP contribution < -0.4 is 0 Å². The first-order valence-corrected chi connectivity index (χ1v) is 4.94. The van der Waals surface area contributed by atoms with Crippen molar-refractivity contribution in [1.82, 2.24) is 0 Å². The number of hydrogen-bond acceptors (Lipinski definition) is 5. The Morgan fingerprint density at radius 2 is 2.00 bits per heavy atom. The predicted octanol–water partition coefficient (Wildman–Crippen LogP) is -0.758. The SMILES string of the molecule is CCCCO[C@@H]1O[C@H](CO)[C@@H](O)[C@H]1O. The Morgan fingerprint density at radius 3 is 2.50 bits per heavy atom. The smallest absolute Gasteiger partial charge is 0.186 e. The molecule has 5 heteroatoms. The zero-order valence-electron chi connectivity index (χ0n) is 8.30. The number of rotatable bonds is 5. The number of aliphatic hydroxyl groups is 3. The largest absolute Gasteiger partial charge is 0.394 e. The average molecular weight is 206 g/mol. The molecule has 0 aromatic heterocycles. The van der Waals surface area contributed by atoms with Gasteiger partial charge in [0.1, 0.15) is 18.3 Å². The highest BCUT2D eigenvalue weighted by Crippen LogP contribution is 2.21. The lowest BCUT2D eigenvalue weighted by Crippen LogP contribution is -2.34. The van der Waals surface area contributed by atoms with Crippen LogP contribution in [0.5, 0.6) is 0 Å². The van der Waals surface area contributed by atoms with Crippen LogP contribution in [-0.2, 0) is 9.47 Å². The van der Waals surface area contributed by atoms with Crippen LogP contribution in [0.15, 0.2) is 0 Å². The molecule has 1 rings (SSSR count). The van der Waals surface area contributed by atoms with Gasteiger partial charge in [0.15, 0.2) is 6.29 Å². The molecular formula is C9H18O5. The van der Waals surface area contributed by atoms with Crippen LogP contribution in [0.4, 0.5) is 0 Å². The van der Waals surface area contributed by atoms with Gasteiger partial charge in [-0.1, -0.05) is 13.3 Å². The average Bonchev–Trinajstić information content (AvgIpc) is 2.46. The fourth-order valence-corrected chi connectivity index (χ4v) is 1.35. The molecule has 0 spiro atoms. The van der Waals surface area contributed by atoms with E-state index in [1.54, 1.807) is 0 Å². The van der Waals surface area contributed by atoms with Crippen molar-refractivity contribution in [2.75, 3.05) is 13.2 Å². The first-order valence-electron chi connectivity index (χ1n) is 4.94. The highest BCUT2D eigenvalue weighted by atomic mass is 16.7. The van der Waals surface area contributed by atoms with E-state index in [0.717, 1.165) is 12.8 Å². The Morgan fingerprint density at radius 1 is 1.29 bits per heavy atom. The molecule has 5 nitrogen and oxygen atoms in total. The third-order valence-electron chi connectivity index (χ3n) is 2.28. The lowest BCUT2D eigenvalue weighted by Gasteiger charge is -2.14. The van der Waals surface area contributed by atoms with Gasteiger partial charge in [-0.2, -0.15) is 0 Å². The van der Waals surface area contributed by atoms with Crippen LogP contribution in [-0.4, -0.2) is 53.1 Å². The molecule has 0 unspecified atom stereocenters. The van der Waals surface area contributed by atoms with Gasteiger partial charge in [0.25, 0.3) is 0 Å². The predicted molar refractivity (Wildman–Crippen MR) is 48.6 cm³/mol. The highest BCUT2D eigenvalue weighted by molar-refractivity contribution is 4.86. The second-order valence-corrected chi connectivity index (χ2v) is 3.43. The van der Waals surface area contributed by atoms with Crippen LogP contribution in [0.2, 0.25) is 0 Å². The monoisotopic (exact) mass is 206 g/mol. The number of aliphatic hydroxyl groups excluding tert-OH is 3. The maximum Gasteiger partial charge on any atom is 0.186 e. The molecule has 3 N–H and O–H groups in total. The quantitative estimate of drug-likeness (QED) is 0.515. The minimum absolute atomic E-state index is 0.314. The van der Waals surface area contributed by atoms with Gasteiger partial charge < -0.3 is 24.8 Å². The molecule has 0 aromatic rings. The maximum absolute atomic E-state index is 9.45. The van der Waals surface area contributed by atoms with E-state index in [9.17, 15) is 10.2 Å². The molecule has 84 valence electrons. The van der Waals surface area contributed by atoms with Crippen LogP contribution in [0, 0.1) is 0 Å². The summed E-state index contributed by atoms with van der Waals surface area (Å²) in [6.07, 6.45) is -1.80. The Bertz CT molecular complexity index is 163. The van der Waals surface area contributed by atoms with Crippen LogP contribution >= 0.6 is 0 Å². The molecule has 1 saturated heterocycles. The van der Waals surface area contributed by atoms with E-state index in [0.29, 0.717) is 6.61 Å². The number of unbranched alkanes of at least 4 members (excludes halogenated alkanes) is 1. The molecule has 1 aliphatic rings. The maximum atomic E-state index is 9.45. The van der Waals surface area contributed by atoms with Crippen molar-refractivity contribution in [2.24, 2.45) is 0 Å². The van der Waals surface area contributed by atoms with Crippen molar-refractivity contribution in [3.8, 4) is 0 Å². The van der Waals surface area contributed by atoms with Gasteiger partial charge in [-0.3, -0.25) is 0 Å². The summed E-state index contributed by atoms with van der Waals surface area (Å²) in [5, 5.41) is 27.6. The van der Waals surface area contributed by atoms with Gasteiger partial charge in [0, 0.05) is 6.61 Å². The highest BCUT2D eigenvalue weighted by Gasteiger charge is 2.42. The Balaban J connectivity index is 2.32. The second kappa shape index (κ2) is 5.63. The molecule has 1 aliphatic heterocycles. The van der Waals surface area contributed by atoms with Crippen LogP contribution in [0.1, 0.15) is 19.8 Å². The van der Waals surface area contributed by atoms with Crippen molar-refractivity contribution >= 4 is 0 Å². The van der Waals surface area contributed by atoms with E-state index in [-0.39, 0.29) is 6.61 Å². The van der Waals surface area contributed by atoms with E-state index >= 15 is 0 Å². The van der Waals surface area contributed by atoms with Crippen molar-refractivity contribution in [3.05, 3.63) is 0 Å². The van der Waals surface area contributed by atoms with E-state index in [1.165, 1.54) is 0 Å². The summed E-state index contributed by atoms with van der Waals surface area (Å²) in [5.74, 6) is 0. The summed E-state index contributed by atoms with van der Waals surface area (Å²) in [7, 11) is 0. The normalized spacial score (nSPS) is 37.7. The van der Waals surface area contributed by atoms with E-state index in [2.05, 4.69) is 0 Å². The number of hydrogen-bond donors (Lipinski definition) is 3. The fourth-order valence-electron chi connectivity index (χ4n) is 1.35. The van der Waals surface area contributed by atoms with Gasteiger partial charge in [0.05, 0.1) is 6.61 Å². The molecule has 0 saturated carbocycles. The molecule has 0 amide bonds. The van der Waals surface area contributed by atoms with E-state index in [4.69, 9.17) is 14.6 Å². The molecule has 0 aliphatic carbocycles. The van der Waals surface area contributed by atoms with Crippen molar-refractivity contribution in [2.45, 2.75) is 44.4 Å². The molecule has 1 fully saturated rings. The van der Waals surface area contributed by atoms with E-state index in [1.807, 2.05) is 6.92 Å². The Hall–Kier alpha value is -0.200. The lowest BCUT2D eigenvalue weighted by molar-refractivity contribution is -0.169. The van der Waals surface area contributed by atoms with Gasteiger partial charge in [0.2, 0.25) is 0 Å². The van der Waals surface area contributed by atoms with Gasteiger partial charge in [-0.15, -0.1) is 0 Å². The summed E-state index contributed by atoms with van der Waals surface area (Å²) in [4.78, 5) is 0. The molecule has 4 atom stereocenters. The van der Waals surface area contributed by atoms with Gasteiger partial charge in [-0.25, -0.2) is 0 Å². The van der Waals surface area contributed by atoms with Gasteiger partial charge >= 0.3 is 0 Å². The third-order valence-corrected chi connectivity index (χ3v) is 2.28. The molecule has 14 heavy (non-hydrogen) atoms. The van der Waals surface area contributed by atoms with Crippen molar-refractivity contribution in [3.63, 3.8) is 0 Å². The molecule has 0 radical (unpaired) electrons. The Labute approximate surface area is 83.3 Å². The Kier molecular flexibility index (Phi) is 4.77. The van der Waals surface area contributed by atoms with E-state index < -0.39 is 24.6 Å². The first kappa shape index (κ1) is 11.9. The number of ether oxygens (including phenoxy) is 2. The molecule has 0 bridgehead atoms. The summed E-state index contributed by atoms with van der Waals surface area (Å²) < 4.78 is 10.3. The minimum Gasteiger partial charge on any atom is -0.394 e. The lowest BCUT2D eigenvalue weighted by atomic mass is 10.1. The summed E-state index contributed by atoms with van der Waals surface area (Å²) >= 11 is 0.